The summed E-state index contributed by atoms with van der Waals surface area (Å²) < 4.78 is 6.71. The van der Waals surface area contributed by atoms with E-state index in [0.717, 1.165) is 8.95 Å². The number of amides is 1. The molecule has 0 aliphatic heterocycles. The molecule has 0 spiro atoms. The molecule has 1 aromatic heterocycles. The fourth-order valence-electron chi connectivity index (χ4n) is 1.54. The first-order chi connectivity index (χ1) is 10.0. The molecule has 0 aliphatic rings. The normalized spacial score (nSPS) is 10.1. The molecule has 0 aliphatic carbocycles. The Morgan fingerprint density at radius 1 is 1.19 bits per heavy atom. The molecule has 1 aromatic carbocycles. The number of carbonyl (C=O) groups is 1. The van der Waals surface area contributed by atoms with Crippen LogP contribution in [0.2, 0.25) is 0 Å². The van der Waals surface area contributed by atoms with E-state index in [1.54, 1.807) is 26.3 Å². The molecule has 0 saturated heterocycles. The van der Waals surface area contributed by atoms with E-state index in [1.165, 1.54) is 12.4 Å². The summed E-state index contributed by atoms with van der Waals surface area (Å²) in [6.45, 7) is 0. The van der Waals surface area contributed by atoms with E-state index >= 15 is 0 Å². The van der Waals surface area contributed by atoms with Gasteiger partial charge in [-0.3, -0.25) is 4.79 Å². The van der Waals surface area contributed by atoms with E-state index < -0.39 is 0 Å². The van der Waals surface area contributed by atoms with Crippen LogP contribution in [0.5, 0.6) is 5.75 Å². The standard InChI is InChI=1S/C13H12Br2N4O2/c1-16-12-6-17-10(5-18-12)13(20)19-9-4-11(21-2)8(15)3-7(9)14/h3-6H,1-2H3,(H,16,18)(H,19,20). The zero-order valence-corrected chi connectivity index (χ0v) is 14.4. The highest BCUT2D eigenvalue weighted by molar-refractivity contribution is 9.11. The number of hydrogen-bond donors (Lipinski definition) is 2. The van der Waals surface area contributed by atoms with Gasteiger partial charge in [-0.1, -0.05) is 0 Å². The molecule has 2 rings (SSSR count). The molecular weight excluding hydrogens is 404 g/mol. The Bertz CT molecular complexity index is 662. The lowest BCUT2D eigenvalue weighted by molar-refractivity contribution is 0.102. The number of carbonyl (C=O) groups excluding carboxylic acids is 1. The van der Waals surface area contributed by atoms with Crippen LogP contribution in [0.25, 0.3) is 0 Å². The van der Waals surface area contributed by atoms with E-state index in [0.29, 0.717) is 17.3 Å². The molecule has 0 radical (unpaired) electrons. The predicted molar refractivity (Wildman–Crippen MR) is 87.9 cm³/mol. The monoisotopic (exact) mass is 414 g/mol. The molecule has 0 atom stereocenters. The average molecular weight is 416 g/mol. The van der Waals surface area contributed by atoms with Gasteiger partial charge in [0.05, 0.1) is 29.7 Å². The minimum absolute atomic E-state index is 0.225. The highest BCUT2D eigenvalue weighted by atomic mass is 79.9. The molecule has 1 heterocycles. The van der Waals surface area contributed by atoms with Crippen molar-refractivity contribution in [3.05, 3.63) is 39.2 Å². The Balaban J connectivity index is 2.22. The fourth-order valence-corrected chi connectivity index (χ4v) is 2.80. The minimum Gasteiger partial charge on any atom is -0.495 e. The number of halogens is 2. The van der Waals surface area contributed by atoms with Gasteiger partial charge < -0.3 is 15.4 Å². The van der Waals surface area contributed by atoms with Crippen LogP contribution in [0.15, 0.2) is 33.5 Å². The quantitative estimate of drug-likeness (QED) is 0.801. The van der Waals surface area contributed by atoms with Gasteiger partial charge in [-0.25, -0.2) is 9.97 Å². The largest absolute Gasteiger partial charge is 0.495 e. The van der Waals surface area contributed by atoms with Crippen LogP contribution in [0.1, 0.15) is 10.5 Å². The fraction of sp³-hybridized carbons (Fsp3) is 0.154. The third-order valence-corrected chi connectivity index (χ3v) is 3.91. The SMILES string of the molecule is CNc1cnc(C(=O)Nc2cc(OC)c(Br)cc2Br)cn1. The Morgan fingerprint density at radius 3 is 2.52 bits per heavy atom. The van der Waals surface area contributed by atoms with E-state index in [-0.39, 0.29) is 11.6 Å². The summed E-state index contributed by atoms with van der Waals surface area (Å²) in [6.07, 6.45) is 2.90. The van der Waals surface area contributed by atoms with Crippen LogP contribution in [0.4, 0.5) is 11.5 Å². The number of aromatic nitrogens is 2. The second kappa shape index (κ2) is 6.86. The van der Waals surface area contributed by atoms with Gasteiger partial charge in [0.25, 0.3) is 5.91 Å². The van der Waals surface area contributed by atoms with Crippen molar-refractivity contribution in [2.75, 3.05) is 24.8 Å². The lowest BCUT2D eigenvalue weighted by Gasteiger charge is -2.10. The number of methoxy groups -OCH3 is 1. The summed E-state index contributed by atoms with van der Waals surface area (Å²) in [6, 6.07) is 3.51. The molecule has 0 saturated carbocycles. The molecule has 0 fully saturated rings. The van der Waals surface area contributed by atoms with Crippen molar-refractivity contribution in [3.8, 4) is 5.75 Å². The second-order valence-electron chi connectivity index (χ2n) is 3.96. The van der Waals surface area contributed by atoms with Gasteiger partial charge in [-0.05, 0) is 37.9 Å². The smallest absolute Gasteiger partial charge is 0.275 e. The molecule has 8 heteroatoms. The van der Waals surface area contributed by atoms with E-state index in [1.807, 2.05) is 0 Å². The number of anilines is 2. The summed E-state index contributed by atoms with van der Waals surface area (Å²) in [5.41, 5.74) is 0.808. The van der Waals surface area contributed by atoms with Crippen molar-refractivity contribution >= 4 is 49.3 Å². The van der Waals surface area contributed by atoms with Crippen molar-refractivity contribution in [2.45, 2.75) is 0 Å². The van der Waals surface area contributed by atoms with E-state index in [4.69, 9.17) is 4.74 Å². The first kappa shape index (κ1) is 15.7. The molecule has 21 heavy (non-hydrogen) atoms. The zero-order valence-electron chi connectivity index (χ0n) is 11.3. The van der Waals surface area contributed by atoms with Crippen LogP contribution in [0, 0.1) is 0 Å². The first-order valence-electron chi connectivity index (χ1n) is 5.89. The molecule has 0 bridgehead atoms. The third-order valence-electron chi connectivity index (χ3n) is 2.63. The van der Waals surface area contributed by atoms with Crippen LogP contribution in [-0.4, -0.2) is 30.0 Å². The van der Waals surface area contributed by atoms with Gasteiger partial charge >= 0.3 is 0 Å². The number of ether oxygens (including phenoxy) is 1. The predicted octanol–water partition coefficient (Wildman–Crippen LogP) is 3.30. The van der Waals surface area contributed by atoms with Crippen molar-refractivity contribution in [3.63, 3.8) is 0 Å². The van der Waals surface area contributed by atoms with Crippen molar-refractivity contribution in [1.82, 2.24) is 9.97 Å². The number of nitrogens with one attached hydrogen (secondary N) is 2. The van der Waals surface area contributed by atoms with Crippen LogP contribution in [0.3, 0.4) is 0 Å². The Hall–Kier alpha value is -1.67. The van der Waals surface area contributed by atoms with Gasteiger partial charge in [-0.15, -0.1) is 0 Å². The highest BCUT2D eigenvalue weighted by Gasteiger charge is 2.13. The van der Waals surface area contributed by atoms with Gasteiger partial charge in [0.15, 0.2) is 0 Å². The van der Waals surface area contributed by atoms with Crippen LogP contribution < -0.4 is 15.4 Å². The van der Waals surface area contributed by atoms with E-state index in [2.05, 4.69) is 52.5 Å². The summed E-state index contributed by atoms with van der Waals surface area (Å²) >= 11 is 6.76. The van der Waals surface area contributed by atoms with Gasteiger partial charge in [-0.2, -0.15) is 0 Å². The molecule has 2 N–H and O–H groups in total. The van der Waals surface area contributed by atoms with Crippen LogP contribution in [-0.2, 0) is 0 Å². The topological polar surface area (TPSA) is 76.1 Å². The maximum Gasteiger partial charge on any atom is 0.275 e. The Morgan fingerprint density at radius 2 is 1.95 bits per heavy atom. The summed E-state index contributed by atoms with van der Waals surface area (Å²) in [5.74, 6) is 0.860. The summed E-state index contributed by atoms with van der Waals surface area (Å²) in [5, 5.41) is 5.60. The maximum absolute atomic E-state index is 12.1. The van der Waals surface area contributed by atoms with Crippen molar-refractivity contribution in [1.29, 1.82) is 0 Å². The number of nitrogens with zero attached hydrogens (tertiary/aromatic N) is 2. The molecule has 1 amide bonds. The number of hydrogen-bond acceptors (Lipinski definition) is 5. The van der Waals surface area contributed by atoms with Crippen molar-refractivity contribution in [2.24, 2.45) is 0 Å². The zero-order chi connectivity index (χ0) is 15.4. The minimum atomic E-state index is -0.352. The molecule has 110 valence electrons. The second-order valence-corrected chi connectivity index (χ2v) is 5.67. The summed E-state index contributed by atoms with van der Waals surface area (Å²) in [7, 11) is 3.29. The molecule has 2 aromatic rings. The highest BCUT2D eigenvalue weighted by Crippen LogP contribution is 2.34. The average Bonchev–Trinajstić information content (AvgIpc) is 2.50. The molecular formula is C13H12Br2N4O2. The van der Waals surface area contributed by atoms with E-state index in [9.17, 15) is 4.79 Å². The summed E-state index contributed by atoms with van der Waals surface area (Å²) in [4.78, 5) is 20.2. The number of rotatable bonds is 4. The van der Waals surface area contributed by atoms with Gasteiger partial charge in [0, 0.05) is 17.6 Å². The van der Waals surface area contributed by atoms with Gasteiger partial charge in [0.2, 0.25) is 0 Å². The Kier molecular flexibility index (Phi) is 5.13. The third kappa shape index (κ3) is 3.70. The first-order valence-corrected chi connectivity index (χ1v) is 7.48. The van der Waals surface area contributed by atoms with Crippen LogP contribution >= 0.6 is 31.9 Å². The lowest BCUT2D eigenvalue weighted by atomic mass is 10.3. The number of benzene rings is 1. The molecule has 6 nitrogen and oxygen atoms in total. The molecule has 0 unspecified atom stereocenters. The van der Waals surface area contributed by atoms with Crippen molar-refractivity contribution < 1.29 is 9.53 Å². The Labute approximate surface area is 138 Å². The lowest BCUT2D eigenvalue weighted by Crippen LogP contribution is -2.14. The maximum atomic E-state index is 12.1. The van der Waals surface area contributed by atoms with Gasteiger partial charge in [0.1, 0.15) is 17.3 Å².